The van der Waals surface area contributed by atoms with Crippen molar-refractivity contribution < 1.29 is 9.64 Å². The number of aromatic amines is 1. The molecule has 0 aliphatic carbocycles. The Kier molecular flexibility index (Phi) is 5.60. The topological polar surface area (TPSA) is 90.1 Å². The lowest BCUT2D eigenvalue weighted by Crippen LogP contribution is -3.13. The summed E-state index contributed by atoms with van der Waals surface area (Å²) >= 11 is 0. The van der Waals surface area contributed by atoms with E-state index in [9.17, 15) is 4.79 Å². The van der Waals surface area contributed by atoms with Gasteiger partial charge in [0.2, 0.25) is 5.82 Å². The first kappa shape index (κ1) is 20.5. The van der Waals surface area contributed by atoms with Gasteiger partial charge in [-0.3, -0.25) is 4.79 Å². The lowest BCUT2D eigenvalue weighted by molar-refractivity contribution is -0.931. The summed E-state index contributed by atoms with van der Waals surface area (Å²) in [6.07, 6.45) is 4.41. The van der Waals surface area contributed by atoms with Gasteiger partial charge in [-0.2, -0.15) is 0 Å². The number of fused-ring (bicyclic) bond motifs is 1. The van der Waals surface area contributed by atoms with E-state index in [1.807, 2.05) is 28.9 Å². The maximum atomic E-state index is 13.3. The highest BCUT2D eigenvalue weighted by atomic mass is 16.5. The second-order valence-corrected chi connectivity index (χ2v) is 8.77. The van der Waals surface area contributed by atoms with Crippen LogP contribution < -0.4 is 15.2 Å². The number of quaternary nitrogens is 1. The van der Waals surface area contributed by atoms with E-state index in [0.29, 0.717) is 5.56 Å². The fourth-order valence-corrected chi connectivity index (χ4v) is 4.33. The molecular formula is C22H31N6O2+. The quantitative estimate of drug-likeness (QED) is 0.646. The number of nitrogens with one attached hydrogen (secondary N) is 2. The largest absolute Gasteiger partial charge is 0.497 e. The molecule has 3 aromatic rings. The van der Waals surface area contributed by atoms with E-state index in [0.717, 1.165) is 54.8 Å². The average molecular weight is 412 g/mol. The highest BCUT2D eigenvalue weighted by Crippen LogP contribution is 2.26. The number of nitrogens with zero attached hydrogens (tertiary/aromatic N) is 4. The Hall–Kier alpha value is -2.74. The predicted octanol–water partition coefficient (Wildman–Crippen LogP) is 1.83. The molecule has 0 amide bonds. The third-order valence-electron chi connectivity index (χ3n) is 6.49. The molecule has 0 radical (unpaired) electrons. The lowest BCUT2D eigenvalue weighted by atomic mass is 9.98. The van der Waals surface area contributed by atoms with Crippen LogP contribution >= 0.6 is 0 Å². The average Bonchev–Trinajstić information content (AvgIpc) is 3.25. The van der Waals surface area contributed by atoms with Crippen molar-refractivity contribution in [2.24, 2.45) is 0 Å². The Morgan fingerprint density at radius 3 is 2.70 bits per heavy atom. The van der Waals surface area contributed by atoms with Crippen LogP contribution in [0.15, 0.2) is 29.1 Å². The van der Waals surface area contributed by atoms with Gasteiger partial charge in [-0.05, 0) is 73.5 Å². The van der Waals surface area contributed by atoms with Gasteiger partial charge < -0.3 is 14.6 Å². The number of rotatable bonds is 6. The fourth-order valence-electron chi connectivity index (χ4n) is 4.33. The van der Waals surface area contributed by atoms with Gasteiger partial charge in [-0.15, -0.1) is 5.10 Å². The van der Waals surface area contributed by atoms with E-state index >= 15 is 0 Å². The van der Waals surface area contributed by atoms with Crippen LogP contribution in [0.1, 0.15) is 63.9 Å². The van der Waals surface area contributed by atoms with E-state index in [4.69, 9.17) is 4.74 Å². The first-order chi connectivity index (χ1) is 14.4. The van der Waals surface area contributed by atoms with Crippen molar-refractivity contribution in [3.05, 3.63) is 46.0 Å². The normalized spacial score (nSPS) is 16.7. The van der Waals surface area contributed by atoms with Gasteiger partial charge >= 0.3 is 0 Å². The van der Waals surface area contributed by atoms with Crippen molar-refractivity contribution in [3.63, 3.8) is 0 Å². The number of methoxy groups -OCH3 is 1. The standard InChI is InChI=1S/C22H30N6O2/c1-5-22(2,3)28-20(24-25-26-28)19(27-11-7-6-8-12-27)17-13-15-9-10-16(30-4)14-18(15)23-21(17)29/h9-10,13-14,19H,5-8,11-12H2,1-4H3,(H,23,29)/p+1/t19-/m1/s1. The summed E-state index contributed by atoms with van der Waals surface area (Å²) in [6.45, 7) is 8.40. The van der Waals surface area contributed by atoms with Crippen LogP contribution in [0.5, 0.6) is 5.75 Å². The van der Waals surface area contributed by atoms with Gasteiger partial charge in [0.15, 0.2) is 6.04 Å². The van der Waals surface area contributed by atoms with Crippen LogP contribution in [0.3, 0.4) is 0 Å². The Balaban J connectivity index is 1.89. The summed E-state index contributed by atoms with van der Waals surface area (Å²) in [6, 6.07) is 7.54. The van der Waals surface area contributed by atoms with Crippen molar-refractivity contribution in [2.45, 2.75) is 58.0 Å². The molecule has 1 aliphatic rings. The van der Waals surface area contributed by atoms with E-state index < -0.39 is 0 Å². The first-order valence-electron chi connectivity index (χ1n) is 10.8. The molecule has 4 rings (SSSR count). The number of hydrogen-bond acceptors (Lipinski definition) is 5. The lowest BCUT2D eigenvalue weighted by Gasteiger charge is -2.33. The Bertz CT molecular complexity index is 1080. The number of ether oxygens (including phenoxy) is 1. The van der Waals surface area contributed by atoms with E-state index in [1.165, 1.54) is 11.3 Å². The van der Waals surface area contributed by atoms with Crippen LogP contribution in [-0.2, 0) is 5.54 Å². The van der Waals surface area contributed by atoms with Crippen molar-refractivity contribution in [1.82, 2.24) is 25.2 Å². The minimum atomic E-state index is -0.233. The van der Waals surface area contributed by atoms with E-state index in [1.54, 1.807) is 7.11 Å². The SMILES string of the molecule is CCC(C)(C)n1nnnc1[C@@H](c1cc2ccc(OC)cc2[nH]c1=O)[NH+]1CCCCC1. The molecule has 160 valence electrons. The monoisotopic (exact) mass is 411 g/mol. The van der Waals surface area contributed by atoms with E-state index in [2.05, 4.69) is 41.3 Å². The minimum Gasteiger partial charge on any atom is -0.497 e. The third-order valence-corrected chi connectivity index (χ3v) is 6.49. The van der Waals surface area contributed by atoms with Gasteiger partial charge in [0, 0.05) is 6.07 Å². The molecule has 1 saturated heterocycles. The highest BCUT2D eigenvalue weighted by molar-refractivity contribution is 5.80. The van der Waals surface area contributed by atoms with Crippen molar-refractivity contribution >= 4 is 10.9 Å². The number of piperidine rings is 1. The number of hydrogen-bond donors (Lipinski definition) is 2. The van der Waals surface area contributed by atoms with Crippen LogP contribution in [-0.4, -0.2) is 45.4 Å². The molecule has 1 aliphatic heterocycles. The van der Waals surface area contributed by atoms with Gasteiger partial charge in [0.25, 0.3) is 5.56 Å². The van der Waals surface area contributed by atoms with Crippen molar-refractivity contribution in [3.8, 4) is 5.75 Å². The second-order valence-electron chi connectivity index (χ2n) is 8.77. The number of benzene rings is 1. The molecule has 1 fully saturated rings. The van der Waals surface area contributed by atoms with Gasteiger partial charge in [0.05, 0.1) is 36.8 Å². The molecule has 1 aromatic carbocycles. The molecule has 8 nitrogen and oxygen atoms in total. The number of pyridine rings is 1. The summed E-state index contributed by atoms with van der Waals surface area (Å²) in [4.78, 5) is 17.7. The minimum absolute atomic E-state index is 0.0947. The molecule has 2 N–H and O–H groups in total. The van der Waals surface area contributed by atoms with Crippen LogP contribution in [0.4, 0.5) is 0 Å². The number of likely N-dealkylation sites (tertiary alicyclic amines) is 1. The highest BCUT2D eigenvalue weighted by Gasteiger charge is 2.37. The summed E-state index contributed by atoms with van der Waals surface area (Å²) in [7, 11) is 1.62. The summed E-state index contributed by atoms with van der Waals surface area (Å²) in [5.41, 5.74) is 1.16. The molecule has 30 heavy (non-hydrogen) atoms. The molecule has 1 atom stereocenters. The third kappa shape index (κ3) is 3.71. The molecular weight excluding hydrogens is 380 g/mol. The zero-order valence-corrected chi connectivity index (χ0v) is 18.2. The maximum Gasteiger partial charge on any atom is 0.258 e. The Labute approximate surface area is 176 Å². The van der Waals surface area contributed by atoms with Crippen LogP contribution in [0, 0.1) is 0 Å². The summed E-state index contributed by atoms with van der Waals surface area (Å²) < 4.78 is 7.22. The zero-order chi connectivity index (χ0) is 21.3. The fraction of sp³-hybridized carbons (Fsp3) is 0.545. The smallest absolute Gasteiger partial charge is 0.258 e. The number of aromatic nitrogens is 5. The van der Waals surface area contributed by atoms with Crippen LogP contribution in [0.2, 0.25) is 0 Å². The van der Waals surface area contributed by atoms with Crippen molar-refractivity contribution in [2.75, 3.05) is 20.2 Å². The van der Waals surface area contributed by atoms with Gasteiger partial charge in [-0.1, -0.05) is 6.92 Å². The van der Waals surface area contributed by atoms with Crippen LogP contribution in [0.25, 0.3) is 10.9 Å². The summed E-state index contributed by atoms with van der Waals surface area (Å²) in [5.74, 6) is 1.48. The molecule has 0 unspecified atom stereocenters. The maximum absolute atomic E-state index is 13.3. The first-order valence-corrected chi connectivity index (χ1v) is 10.8. The zero-order valence-electron chi connectivity index (χ0n) is 18.2. The molecule has 3 heterocycles. The van der Waals surface area contributed by atoms with E-state index in [-0.39, 0.29) is 17.1 Å². The number of tetrazole rings is 1. The summed E-state index contributed by atoms with van der Waals surface area (Å²) in [5, 5.41) is 13.8. The Morgan fingerprint density at radius 2 is 2.00 bits per heavy atom. The van der Waals surface area contributed by atoms with Gasteiger partial charge in [0.1, 0.15) is 5.75 Å². The Morgan fingerprint density at radius 1 is 1.23 bits per heavy atom. The molecule has 0 saturated carbocycles. The number of H-pyrrole nitrogens is 1. The molecule has 8 heteroatoms. The molecule has 0 bridgehead atoms. The van der Waals surface area contributed by atoms with Crippen molar-refractivity contribution in [1.29, 1.82) is 0 Å². The predicted molar refractivity (Wildman–Crippen MR) is 115 cm³/mol. The van der Waals surface area contributed by atoms with Gasteiger partial charge in [-0.25, -0.2) is 4.68 Å². The molecule has 0 spiro atoms. The second kappa shape index (κ2) is 8.18. The molecule has 2 aromatic heterocycles.